The number of carbonyl (C=O) groups excluding carboxylic acids is 1. The number of aliphatic hydroxyl groups is 1. The summed E-state index contributed by atoms with van der Waals surface area (Å²) >= 11 is 6.08. The Morgan fingerprint density at radius 1 is 1.43 bits per heavy atom. The van der Waals surface area contributed by atoms with Gasteiger partial charge in [0, 0.05) is 17.8 Å². The minimum atomic E-state index is -0.766. The number of nitrogens with one attached hydrogen (secondary N) is 2. The van der Waals surface area contributed by atoms with Crippen LogP contribution in [0.4, 0.5) is 0 Å². The van der Waals surface area contributed by atoms with Crippen molar-refractivity contribution in [1.29, 1.82) is 5.26 Å². The third kappa shape index (κ3) is 4.39. The molecule has 0 saturated heterocycles. The average molecular weight is 399 g/mol. The lowest BCUT2D eigenvalue weighted by molar-refractivity contribution is 0.0931. The summed E-state index contributed by atoms with van der Waals surface area (Å²) in [5, 5.41) is 26.2. The van der Waals surface area contributed by atoms with Gasteiger partial charge < -0.3 is 15.4 Å². The molecule has 144 valence electrons. The first-order valence-electron chi connectivity index (χ1n) is 8.64. The zero-order chi connectivity index (χ0) is 20.3. The van der Waals surface area contributed by atoms with Crippen molar-refractivity contribution < 1.29 is 9.90 Å². The number of hydrogen-bond donors (Lipinski definition) is 3. The predicted molar refractivity (Wildman–Crippen MR) is 104 cm³/mol. The molecule has 0 spiro atoms. The van der Waals surface area contributed by atoms with Crippen LogP contribution >= 0.6 is 11.6 Å². The van der Waals surface area contributed by atoms with E-state index in [0.717, 1.165) is 11.3 Å². The molecule has 0 aliphatic carbocycles. The normalized spacial score (nSPS) is 13.0. The first-order chi connectivity index (χ1) is 13.4. The lowest BCUT2D eigenvalue weighted by Crippen LogP contribution is -2.36. The maximum Gasteiger partial charge on any atom is 0.269 e. The van der Waals surface area contributed by atoms with Gasteiger partial charge in [0.1, 0.15) is 23.7 Å². The molecule has 0 radical (unpaired) electrons. The smallest absolute Gasteiger partial charge is 0.269 e. The van der Waals surface area contributed by atoms with Gasteiger partial charge >= 0.3 is 0 Å². The van der Waals surface area contributed by atoms with Crippen molar-refractivity contribution in [2.45, 2.75) is 32.5 Å². The van der Waals surface area contributed by atoms with Gasteiger partial charge in [-0.3, -0.25) is 9.48 Å². The van der Waals surface area contributed by atoms with Gasteiger partial charge in [0.2, 0.25) is 0 Å². The lowest BCUT2D eigenvalue weighted by Gasteiger charge is -2.13. The molecule has 0 fully saturated rings. The van der Waals surface area contributed by atoms with Gasteiger partial charge in [-0.1, -0.05) is 17.7 Å². The second-order valence-corrected chi connectivity index (χ2v) is 6.87. The maximum atomic E-state index is 12.3. The Bertz CT molecular complexity index is 1030. The molecule has 2 atom stereocenters. The molecule has 3 aromatic rings. The van der Waals surface area contributed by atoms with E-state index in [1.165, 1.54) is 6.20 Å². The fraction of sp³-hybridized carbons (Fsp3) is 0.263. The molecule has 0 bridgehead atoms. The van der Waals surface area contributed by atoms with Crippen LogP contribution in [-0.4, -0.2) is 36.8 Å². The fourth-order valence-electron chi connectivity index (χ4n) is 2.67. The molecule has 9 heteroatoms. The van der Waals surface area contributed by atoms with Gasteiger partial charge in [-0.2, -0.15) is 10.4 Å². The lowest BCUT2D eigenvalue weighted by atomic mass is 10.1. The fourth-order valence-corrected chi connectivity index (χ4v) is 2.90. The second kappa shape index (κ2) is 8.25. The monoisotopic (exact) mass is 398 g/mol. The van der Waals surface area contributed by atoms with Crippen LogP contribution < -0.4 is 5.32 Å². The minimum absolute atomic E-state index is 0.192. The molecule has 28 heavy (non-hydrogen) atoms. The molecule has 1 aromatic carbocycles. The molecule has 0 aliphatic heterocycles. The molecule has 2 heterocycles. The van der Waals surface area contributed by atoms with E-state index < -0.39 is 6.10 Å². The van der Waals surface area contributed by atoms with E-state index in [2.05, 4.69) is 20.4 Å². The van der Waals surface area contributed by atoms with Gasteiger partial charge in [0.05, 0.1) is 29.0 Å². The van der Waals surface area contributed by atoms with Crippen LogP contribution in [0.3, 0.4) is 0 Å². The van der Waals surface area contributed by atoms with E-state index in [9.17, 15) is 9.90 Å². The van der Waals surface area contributed by atoms with Gasteiger partial charge in [-0.25, -0.2) is 4.98 Å². The molecule has 0 saturated carbocycles. The van der Waals surface area contributed by atoms with Crippen molar-refractivity contribution in [1.82, 2.24) is 25.1 Å². The summed E-state index contributed by atoms with van der Waals surface area (Å²) in [4.78, 5) is 19.0. The number of hydrogen-bond acceptors (Lipinski definition) is 5. The first-order valence-corrected chi connectivity index (χ1v) is 9.02. The summed E-state index contributed by atoms with van der Waals surface area (Å²) < 4.78 is 1.72. The van der Waals surface area contributed by atoms with Crippen LogP contribution in [0.15, 0.2) is 36.7 Å². The zero-order valence-electron chi connectivity index (χ0n) is 15.3. The van der Waals surface area contributed by atoms with Gasteiger partial charge in [0.15, 0.2) is 0 Å². The minimum Gasteiger partial charge on any atom is -0.385 e. The van der Waals surface area contributed by atoms with E-state index in [-0.39, 0.29) is 17.6 Å². The average Bonchev–Trinajstić information content (AvgIpc) is 3.31. The van der Waals surface area contributed by atoms with Gasteiger partial charge in [0.25, 0.3) is 5.91 Å². The van der Waals surface area contributed by atoms with E-state index in [1.807, 2.05) is 25.3 Å². The largest absolute Gasteiger partial charge is 0.385 e. The second-order valence-electron chi connectivity index (χ2n) is 6.46. The number of rotatable bonds is 6. The number of imidazole rings is 1. The summed E-state index contributed by atoms with van der Waals surface area (Å²) in [6.45, 7) is 3.90. The van der Waals surface area contributed by atoms with E-state index in [4.69, 9.17) is 16.9 Å². The summed E-state index contributed by atoms with van der Waals surface area (Å²) in [7, 11) is 0. The molecule has 8 nitrogen and oxygen atoms in total. The predicted octanol–water partition coefficient (Wildman–Crippen LogP) is 2.67. The number of aromatic amines is 1. The van der Waals surface area contributed by atoms with Crippen LogP contribution in [0, 0.1) is 11.3 Å². The van der Waals surface area contributed by atoms with E-state index in [0.29, 0.717) is 23.0 Å². The summed E-state index contributed by atoms with van der Waals surface area (Å²) in [6, 6.07) is 8.83. The number of amides is 1. The van der Waals surface area contributed by atoms with Crippen molar-refractivity contribution in [3.8, 4) is 17.3 Å². The summed E-state index contributed by atoms with van der Waals surface area (Å²) in [6.07, 6.45) is 2.44. The Labute approximate surface area is 166 Å². The third-order valence-corrected chi connectivity index (χ3v) is 4.41. The number of H-pyrrole nitrogens is 1. The Kier molecular flexibility index (Phi) is 5.78. The van der Waals surface area contributed by atoms with Crippen LogP contribution in [0.5, 0.6) is 0 Å². The number of nitriles is 1. The Morgan fingerprint density at radius 3 is 2.86 bits per heavy atom. The molecular weight excluding hydrogens is 380 g/mol. The maximum absolute atomic E-state index is 12.3. The molecule has 3 rings (SSSR count). The van der Waals surface area contributed by atoms with Crippen molar-refractivity contribution >= 4 is 17.5 Å². The SMILES string of the molecule is CC(Cn1ccc(-c2ccc(C#N)c(Cl)c2)n1)NC(=O)c1cnc([C@H](C)O)[nH]1. The summed E-state index contributed by atoms with van der Waals surface area (Å²) in [5.74, 6) is 0.0359. The van der Waals surface area contributed by atoms with Gasteiger partial charge in [-0.15, -0.1) is 0 Å². The number of halogens is 1. The molecule has 2 aromatic heterocycles. The third-order valence-electron chi connectivity index (χ3n) is 4.10. The van der Waals surface area contributed by atoms with Crippen LogP contribution in [0.1, 0.15) is 41.8 Å². The topological polar surface area (TPSA) is 120 Å². The highest BCUT2D eigenvalue weighted by Crippen LogP contribution is 2.24. The highest BCUT2D eigenvalue weighted by molar-refractivity contribution is 6.32. The number of aliphatic hydroxyl groups excluding tert-OH is 1. The Hall–Kier alpha value is -3.15. The quantitative estimate of drug-likeness (QED) is 0.589. The standard InChI is InChI=1S/C19H19ClN6O2/c1-11(23-19(28)17-9-22-18(24-17)12(2)27)10-26-6-5-16(25-26)13-3-4-14(8-21)15(20)7-13/h3-7,9,11-12,27H,10H2,1-2H3,(H,22,24)(H,23,28)/t11?,12-/m0/s1. The number of nitrogens with zero attached hydrogens (tertiary/aromatic N) is 4. The van der Waals surface area contributed by atoms with Crippen molar-refractivity contribution in [2.75, 3.05) is 0 Å². The van der Waals surface area contributed by atoms with Crippen LogP contribution in [0.2, 0.25) is 5.02 Å². The van der Waals surface area contributed by atoms with Gasteiger partial charge in [-0.05, 0) is 32.0 Å². The highest BCUT2D eigenvalue weighted by Gasteiger charge is 2.15. The van der Waals surface area contributed by atoms with Crippen molar-refractivity contribution in [3.63, 3.8) is 0 Å². The molecule has 1 unspecified atom stereocenters. The number of carbonyl (C=O) groups is 1. The first kappa shape index (κ1) is 19.6. The van der Waals surface area contributed by atoms with Crippen LogP contribution in [0.25, 0.3) is 11.3 Å². The molecule has 0 aliphatic rings. The zero-order valence-corrected chi connectivity index (χ0v) is 16.1. The molecular formula is C19H19ClN6O2. The summed E-state index contributed by atoms with van der Waals surface area (Å²) in [5.41, 5.74) is 2.23. The van der Waals surface area contributed by atoms with Crippen molar-refractivity contribution in [2.24, 2.45) is 0 Å². The van der Waals surface area contributed by atoms with Crippen LogP contribution in [-0.2, 0) is 6.54 Å². The molecule has 3 N–H and O–H groups in total. The van der Waals surface area contributed by atoms with E-state index >= 15 is 0 Å². The highest BCUT2D eigenvalue weighted by atomic mass is 35.5. The number of benzene rings is 1. The number of aromatic nitrogens is 4. The van der Waals surface area contributed by atoms with E-state index in [1.54, 1.807) is 29.8 Å². The van der Waals surface area contributed by atoms with Crippen molar-refractivity contribution in [3.05, 3.63) is 58.8 Å². The molecule has 1 amide bonds. The Balaban J connectivity index is 1.63. The Morgan fingerprint density at radius 2 is 2.21 bits per heavy atom.